The van der Waals surface area contributed by atoms with Crippen LogP contribution >= 0.6 is 0 Å². The minimum absolute atomic E-state index is 0.0237. The fraction of sp³-hybridized carbons (Fsp3) is 0.440. The number of likely N-dealkylation sites (N-methyl/N-ethyl adjacent to an activating group) is 1. The Morgan fingerprint density at radius 2 is 1.74 bits per heavy atom. The van der Waals surface area contributed by atoms with Gasteiger partial charge in [-0.2, -0.15) is 0 Å². The van der Waals surface area contributed by atoms with Gasteiger partial charge in [-0.05, 0) is 49.9 Å². The van der Waals surface area contributed by atoms with E-state index in [1.165, 1.54) is 11.0 Å². The number of rotatable bonds is 12. The summed E-state index contributed by atoms with van der Waals surface area (Å²) < 4.78 is 52.5. The number of halogens is 2. The van der Waals surface area contributed by atoms with Crippen molar-refractivity contribution in [3.8, 4) is 0 Å². The highest BCUT2D eigenvalue weighted by atomic mass is 32.2. The van der Waals surface area contributed by atoms with Crippen LogP contribution in [0.15, 0.2) is 42.5 Å². The average Bonchev–Trinajstić information content (AvgIpc) is 2.79. The smallest absolute Gasteiger partial charge is 0.242 e. The molecule has 0 aromatic heterocycles. The van der Waals surface area contributed by atoms with Crippen LogP contribution in [0.3, 0.4) is 0 Å². The standard InChI is InChI=1S/C25H33F2N3O4S/c1-5-23(25(32)28-6-2)29(17-19-11-8-7-10-18(19)3)24(31)12-9-15-30(35(4,33)34)20-13-14-21(26)22(27)16-20/h7-8,10-11,13-14,16,23H,5-6,9,12,15,17H2,1-4H3,(H,28,32)/t23-/m0/s1. The van der Waals surface area contributed by atoms with Crippen LogP contribution in [-0.2, 0) is 26.2 Å². The SMILES string of the molecule is CCNC(=O)[C@H](CC)N(Cc1ccccc1C)C(=O)CCCN(c1ccc(F)c(F)c1)S(C)(=O)=O. The van der Waals surface area contributed by atoms with Gasteiger partial charge in [-0.25, -0.2) is 17.2 Å². The summed E-state index contributed by atoms with van der Waals surface area (Å²) >= 11 is 0. The molecule has 2 amide bonds. The Labute approximate surface area is 206 Å². The molecule has 0 aliphatic rings. The van der Waals surface area contributed by atoms with Gasteiger partial charge in [0.05, 0.1) is 11.9 Å². The van der Waals surface area contributed by atoms with E-state index in [1.807, 2.05) is 38.1 Å². The maximum atomic E-state index is 13.7. The molecule has 0 saturated carbocycles. The van der Waals surface area contributed by atoms with Crippen LogP contribution in [0.25, 0.3) is 0 Å². The van der Waals surface area contributed by atoms with Crippen molar-refractivity contribution in [1.29, 1.82) is 0 Å². The first kappa shape index (κ1) is 28.2. The summed E-state index contributed by atoms with van der Waals surface area (Å²) in [6.45, 7) is 6.12. The Bertz CT molecular complexity index is 1140. The molecule has 0 radical (unpaired) electrons. The Kier molecular flexibility index (Phi) is 10.2. The lowest BCUT2D eigenvalue weighted by atomic mass is 10.1. The molecule has 0 aliphatic heterocycles. The van der Waals surface area contributed by atoms with Crippen LogP contribution in [0.2, 0.25) is 0 Å². The van der Waals surface area contributed by atoms with Crippen LogP contribution in [0, 0.1) is 18.6 Å². The zero-order chi connectivity index (χ0) is 26.2. The van der Waals surface area contributed by atoms with E-state index < -0.39 is 27.7 Å². The fourth-order valence-electron chi connectivity index (χ4n) is 3.83. The van der Waals surface area contributed by atoms with Gasteiger partial charge in [0.15, 0.2) is 11.6 Å². The number of nitrogens with zero attached hydrogens (tertiary/aromatic N) is 2. The highest BCUT2D eigenvalue weighted by molar-refractivity contribution is 7.92. The number of nitrogens with one attached hydrogen (secondary N) is 1. The Hall–Kier alpha value is -3.01. The molecule has 35 heavy (non-hydrogen) atoms. The van der Waals surface area contributed by atoms with E-state index in [0.29, 0.717) is 13.0 Å². The fourth-order valence-corrected chi connectivity index (χ4v) is 4.78. The largest absolute Gasteiger partial charge is 0.355 e. The quantitative estimate of drug-likeness (QED) is 0.472. The van der Waals surface area contributed by atoms with Crippen molar-refractivity contribution in [2.24, 2.45) is 0 Å². The Morgan fingerprint density at radius 3 is 2.31 bits per heavy atom. The number of amides is 2. The molecule has 0 bridgehead atoms. The second-order valence-corrected chi connectivity index (χ2v) is 10.2. The number of anilines is 1. The minimum atomic E-state index is -3.81. The predicted octanol–water partition coefficient (Wildman–Crippen LogP) is 3.76. The summed E-state index contributed by atoms with van der Waals surface area (Å²) in [5.41, 5.74) is 1.87. The van der Waals surface area contributed by atoms with Crippen LogP contribution in [-0.4, -0.2) is 50.5 Å². The van der Waals surface area contributed by atoms with E-state index in [9.17, 15) is 26.8 Å². The van der Waals surface area contributed by atoms with E-state index in [2.05, 4.69) is 5.32 Å². The highest BCUT2D eigenvalue weighted by Crippen LogP contribution is 2.22. The van der Waals surface area contributed by atoms with Gasteiger partial charge in [-0.3, -0.25) is 13.9 Å². The van der Waals surface area contributed by atoms with E-state index in [-0.39, 0.29) is 43.4 Å². The number of carbonyl (C=O) groups is 2. The maximum absolute atomic E-state index is 13.7. The second kappa shape index (κ2) is 12.6. The monoisotopic (exact) mass is 509 g/mol. The van der Waals surface area contributed by atoms with Crippen molar-refractivity contribution >= 4 is 27.5 Å². The van der Waals surface area contributed by atoms with E-state index in [0.717, 1.165) is 33.8 Å². The summed E-state index contributed by atoms with van der Waals surface area (Å²) in [5, 5.41) is 2.77. The summed E-state index contributed by atoms with van der Waals surface area (Å²) in [6.07, 6.45) is 1.47. The molecule has 2 rings (SSSR count). The first-order chi connectivity index (χ1) is 16.5. The molecule has 0 fully saturated rings. The number of aryl methyl sites for hydroxylation is 1. The van der Waals surface area contributed by atoms with E-state index in [4.69, 9.17) is 0 Å². The number of sulfonamides is 1. The molecule has 10 heteroatoms. The Balaban J connectivity index is 2.23. The molecular weight excluding hydrogens is 476 g/mol. The number of carbonyl (C=O) groups excluding carboxylic acids is 2. The van der Waals surface area contributed by atoms with Gasteiger partial charge < -0.3 is 10.2 Å². The normalized spacial score (nSPS) is 12.2. The summed E-state index contributed by atoms with van der Waals surface area (Å²) in [4.78, 5) is 27.5. The van der Waals surface area contributed by atoms with Gasteiger partial charge in [0.25, 0.3) is 0 Å². The zero-order valence-electron chi connectivity index (χ0n) is 20.6. The van der Waals surface area contributed by atoms with Crippen molar-refractivity contribution in [1.82, 2.24) is 10.2 Å². The van der Waals surface area contributed by atoms with Crippen LogP contribution in [0.5, 0.6) is 0 Å². The predicted molar refractivity (Wildman–Crippen MR) is 132 cm³/mol. The number of benzene rings is 2. The van der Waals surface area contributed by atoms with Gasteiger partial charge in [0.2, 0.25) is 21.8 Å². The molecule has 1 N–H and O–H groups in total. The topological polar surface area (TPSA) is 86.8 Å². The molecule has 7 nitrogen and oxygen atoms in total. The number of hydrogen-bond donors (Lipinski definition) is 1. The average molecular weight is 510 g/mol. The lowest BCUT2D eigenvalue weighted by Gasteiger charge is -2.31. The van der Waals surface area contributed by atoms with Gasteiger partial charge in [-0.1, -0.05) is 31.2 Å². The minimum Gasteiger partial charge on any atom is -0.355 e. The van der Waals surface area contributed by atoms with E-state index in [1.54, 1.807) is 6.92 Å². The molecule has 2 aromatic carbocycles. The summed E-state index contributed by atoms with van der Waals surface area (Å²) in [5.74, 6) is -2.80. The van der Waals surface area contributed by atoms with Crippen LogP contribution < -0.4 is 9.62 Å². The first-order valence-corrected chi connectivity index (χ1v) is 13.4. The van der Waals surface area contributed by atoms with Crippen molar-refractivity contribution < 1.29 is 26.8 Å². The van der Waals surface area contributed by atoms with Crippen LogP contribution in [0.1, 0.15) is 44.2 Å². The van der Waals surface area contributed by atoms with Crippen molar-refractivity contribution in [2.75, 3.05) is 23.7 Å². The molecule has 0 spiro atoms. The van der Waals surface area contributed by atoms with Crippen molar-refractivity contribution in [2.45, 2.75) is 52.6 Å². The molecule has 0 aliphatic carbocycles. The number of hydrogen-bond acceptors (Lipinski definition) is 4. The summed E-state index contributed by atoms with van der Waals surface area (Å²) in [6, 6.07) is 9.74. The third kappa shape index (κ3) is 7.74. The summed E-state index contributed by atoms with van der Waals surface area (Å²) in [7, 11) is -3.81. The van der Waals surface area contributed by atoms with Crippen LogP contribution in [0.4, 0.5) is 14.5 Å². The zero-order valence-corrected chi connectivity index (χ0v) is 21.4. The second-order valence-electron chi connectivity index (χ2n) is 8.30. The van der Waals surface area contributed by atoms with E-state index >= 15 is 0 Å². The van der Waals surface area contributed by atoms with Gasteiger partial charge in [0, 0.05) is 32.1 Å². The van der Waals surface area contributed by atoms with Gasteiger partial charge in [-0.15, -0.1) is 0 Å². The molecule has 0 unspecified atom stereocenters. The lowest BCUT2D eigenvalue weighted by Crippen LogP contribution is -2.49. The Morgan fingerprint density at radius 1 is 1.06 bits per heavy atom. The third-order valence-electron chi connectivity index (χ3n) is 5.68. The lowest BCUT2D eigenvalue weighted by molar-refractivity contribution is -0.141. The highest BCUT2D eigenvalue weighted by Gasteiger charge is 2.29. The van der Waals surface area contributed by atoms with Crippen molar-refractivity contribution in [3.05, 3.63) is 65.2 Å². The molecule has 0 heterocycles. The molecule has 192 valence electrons. The molecular formula is C25H33F2N3O4S. The first-order valence-electron chi connectivity index (χ1n) is 11.5. The maximum Gasteiger partial charge on any atom is 0.242 e. The van der Waals surface area contributed by atoms with Gasteiger partial charge >= 0.3 is 0 Å². The third-order valence-corrected chi connectivity index (χ3v) is 6.88. The van der Waals surface area contributed by atoms with Crippen molar-refractivity contribution in [3.63, 3.8) is 0 Å². The molecule has 2 aromatic rings. The van der Waals surface area contributed by atoms with Gasteiger partial charge in [0.1, 0.15) is 6.04 Å². The molecule has 1 atom stereocenters. The molecule has 0 saturated heterocycles.